The third kappa shape index (κ3) is 5.51. The van der Waals surface area contributed by atoms with E-state index in [-0.39, 0.29) is 38.9 Å². The number of halogens is 2. The van der Waals surface area contributed by atoms with Crippen molar-refractivity contribution in [1.29, 1.82) is 0 Å². The van der Waals surface area contributed by atoms with Gasteiger partial charge in [0, 0.05) is 21.2 Å². The van der Waals surface area contributed by atoms with Crippen LogP contribution in [-0.2, 0) is 15.8 Å². The van der Waals surface area contributed by atoms with Gasteiger partial charge in [-0.2, -0.15) is 13.4 Å². The van der Waals surface area contributed by atoms with E-state index in [4.69, 9.17) is 48.1 Å². The molecular formula is C23H17Cl2N5O6S2. The molecule has 0 saturated heterocycles. The zero-order chi connectivity index (χ0) is 26.9. The van der Waals surface area contributed by atoms with Crippen molar-refractivity contribution in [1.82, 2.24) is 15.6 Å². The maximum atomic E-state index is 13.1. The van der Waals surface area contributed by atoms with Crippen molar-refractivity contribution in [2.24, 2.45) is 10.1 Å². The van der Waals surface area contributed by atoms with Crippen LogP contribution in [0.1, 0.15) is 5.56 Å². The van der Waals surface area contributed by atoms with Crippen molar-refractivity contribution < 1.29 is 27.6 Å². The number of hydrogen-bond acceptors (Lipinski definition) is 9. The average Bonchev–Trinajstić information content (AvgIpc) is 3.57. The van der Waals surface area contributed by atoms with Gasteiger partial charge in [-0.15, -0.1) is 16.2 Å². The predicted molar refractivity (Wildman–Crippen MR) is 141 cm³/mol. The Morgan fingerprint density at radius 2 is 1.87 bits per heavy atom. The molecule has 3 aromatic carbocycles. The standard InChI is InChI=1S/C23H17Cl2N5O6S2/c24-14-4-2-13(3-5-14)21-27-22(36-29-21)15-8-20(38(32,33)30-23(26)28-31)19(9-16(15)25)37-10-12-1-6-17-18(7-12)35-11-34-17/h1-9,31H,10-11H2,(H3,26,28,30). The molecule has 1 aromatic heterocycles. The minimum atomic E-state index is -4.40. The number of sulfonamides is 1. The van der Waals surface area contributed by atoms with Gasteiger partial charge in [0.2, 0.25) is 18.6 Å². The van der Waals surface area contributed by atoms with Gasteiger partial charge >= 0.3 is 0 Å². The summed E-state index contributed by atoms with van der Waals surface area (Å²) in [6.45, 7) is 0.138. The first-order valence-corrected chi connectivity index (χ1v) is 13.9. The van der Waals surface area contributed by atoms with Gasteiger partial charge in [0.25, 0.3) is 15.9 Å². The fourth-order valence-electron chi connectivity index (χ4n) is 3.45. The number of hydroxylamine groups is 1. The summed E-state index contributed by atoms with van der Waals surface area (Å²) in [7, 11) is -4.40. The second-order valence-corrected chi connectivity index (χ2v) is 11.2. The van der Waals surface area contributed by atoms with Crippen molar-refractivity contribution in [2.75, 3.05) is 6.79 Å². The molecule has 0 atom stereocenters. The quantitative estimate of drug-likeness (QED) is 0.118. The van der Waals surface area contributed by atoms with Crippen molar-refractivity contribution in [3.8, 4) is 34.3 Å². The summed E-state index contributed by atoms with van der Waals surface area (Å²) in [5.41, 5.74) is 8.59. The van der Waals surface area contributed by atoms with Crippen LogP contribution in [0.4, 0.5) is 0 Å². The van der Waals surface area contributed by atoms with Gasteiger partial charge in [0.15, 0.2) is 11.5 Å². The molecule has 0 saturated carbocycles. The second kappa shape index (κ2) is 10.7. The Labute approximate surface area is 230 Å². The Morgan fingerprint density at radius 1 is 1.11 bits per heavy atom. The van der Waals surface area contributed by atoms with Crippen LogP contribution in [0.5, 0.6) is 11.5 Å². The van der Waals surface area contributed by atoms with Crippen molar-refractivity contribution in [2.45, 2.75) is 15.5 Å². The van der Waals surface area contributed by atoms with E-state index in [0.717, 1.165) is 5.56 Å². The van der Waals surface area contributed by atoms with E-state index in [1.54, 1.807) is 30.3 Å². The van der Waals surface area contributed by atoms with Crippen molar-refractivity contribution in [3.63, 3.8) is 0 Å². The second-order valence-electron chi connectivity index (χ2n) is 7.75. The molecular weight excluding hydrogens is 577 g/mol. The number of aromatic nitrogens is 2. The molecule has 4 N–H and O–H groups in total. The van der Waals surface area contributed by atoms with Crippen LogP contribution in [0.3, 0.4) is 0 Å². The molecule has 15 heteroatoms. The molecule has 4 aromatic rings. The first-order chi connectivity index (χ1) is 18.2. The molecule has 38 heavy (non-hydrogen) atoms. The number of fused-ring (bicyclic) bond motifs is 1. The number of benzene rings is 3. The first-order valence-electron chi connectivity index (χ1n) is 10.7. The van der Waals surface area contributed by atoms with E-state index in [0.29, 0.717) is 27.8 Å². The number of ether oxygens (including phenoxy) is 2. The Bertz CT molecular complexity index is 1640. The van der Waals surface area contributed by atoms with Gasteiger partial charge in [-0.05, 0) is 54.1 Å². The Balaban J connectivity index is 1.52. The highest BCUT2D eigenvalue weighted by atomic mass is 35.5. The Morgan fingerprint density at radius 3 is 2.63 bits per heavy atom. The summed E-state index contributed by atoms with van der Waals surface area (Å²) in [6, 6.07) is 14.9. The molecule has 1 aliphatic rings. The molecule has 0 bridgehead atoms. The topological polar surface area (TPSA) is 162 Å². The molecule has 0 aliphatic carbocycles. The van der Waals surface area contributed by atoms with Crippen LogP contribution in [-0.4, -0.2) is 36.5 Å². The van der Waals surface area contributed by atoms with Crippen molar-refractivity contribution >= 4 is 50.9 Å². The molecule has 5 rings (SSSR count). The Hall–Kier alpha value is -3.49. The lowest BCUT2D eigenvalue weighted by atomic mass is 10.2. The largest absolute Gasteiger partial charge is 0.454 e. The molecule has 11 nitrogen and oxygen atoms in total. The molecule has 0 amide bonds. The lowest BCUT2D eigenvalue weighted by Crippen LogP contribution is -2.29. The van der Waals surface area contributed by atoms with E-state index < -0.39 is 16.0 Å². The van der Waals surface area contributed by atoms with E-state index in [9.17, 15) is 8.42 Å². The summed E-state index contributed by atoms with van der Waals surface area (Å²) in [5.74, 6) is 1.13. The van der Waals surface area contributed by atoms with Gasteiger partial charge in [-0.3, -0.25) is 5.21 Å². The van der Waals surface area contributed by atoms with Gasteiger partial charge in [-0.1, -0.05) is 34.4 Å². The van der Waals surface area contributed by atoms with Crippen LogP contribution in [0.25, 0.3) is 22.8 Å². The minimum Gasteiger partial charge on any atom is -0.454 e. The number of nitrogens with zero attached hydrogens (tertiary/aromatic N) is 3. The van der Waals surface area contributed by atoms with Gasteiger partial charge in [0.1, 0.15) is 4.90 Å². The molecule has 0 unspecified atom stereocenters. The molecule has 196 valence electrons. The molecule has 0 radical (unpaired) electrons. The number of nitrogens with two attached hydrogens (primary N) is 1. The van der Waals surface area contributed by atoms with E-state index in [2.05, 4.69) is 14.5 Å². The number of guanidine groups is 1. The van der Waals surface area contributed by atoms with E-state index >= 15 is 0 Å². The molecule has 2 heterocycles. The SMILES string of the molecule is N/C(=N\S(=O)(=O)c1cc(-c2nc(-c3ccc(Cl)cc3)no2)c(Cl)cc1SCc1ccc2c(c1)OCO2)NO. The van der Waals surface area contributed by atoms with Crippen molar-refractivity contribution in [3.05, 3.63) is 70.2 Å². The predicted octanol–water partition coefficient (Wildman–Crippen LogP) is 4.71. The third-order valence-electron chi connectivity index (χ3n) is 5.23. The maximum Gasteiger partial charge on any atom is 0.286 e. The van der Waals surface area contributed by atoms with Gasteiger partial charge < -0.3 is 19.7 Å². The average molecular weight is 594 g/mol. The fraction of sp³-hybridized carbons (Fsp3) is 0.0870. The van der Waals surface area contributed by atoms with Crippen LogP contribution in [0.2, 0.25) is 10.0 Å². The minimum absolute atomic E-state index is 0.0130. The number of rotatable bonds is 7. The van der Waals surface area contributed by atoms with E-state index in [1.807, 2.05) is 12.1 Å². The van der Waals surface area contributed by atoms with Gasteiger partial charge in [-0.25, -0.2) is 5.48 Å². The summed E-state index contributed by atoms with van der Waals surface area (Å²) < 4.78 is 45.8. The smallest absolute Gasteiger partial charge is 0.286 e. The molecule has 0 fully saturated rings. The highest BCUT2D eigenvalue weighted by Gasteiger charge is 2.25. The zero-order valence-electron chi connectivity index (χ0n) is 19.1. The number of nitrogens with one attached hydrogen (secondary N) is 1. The normalized spacial score (nSPS) is 13.1. The molecule has 1 aliphatic heterocycles. The van der Waals surface area contributed by atoms with Crippen LogP contribution < -0.4 is 20.7 Å². The number of hydrogen-bond donors (Lipinski definition) is 3. The first kappa shape index (κ1) is 26.1. The van der Waals surface area contributed by atoms with Crippen LogP contribution in [0, 0.1) is 0 Å². The van der Waals surface area contributed by atoms with E-state index in [1.165, 1.54) is 29.4 Å². The number of thioether (sulfide) groups is 1. The third-order valence-corrected chi connectivity index (χ3v) is 8.39. The summed E-state index contributed by atoms with van der Waals surface area (Å²) in [4.78, 5) is 4.40. The monoisotopic (exact) mass is 593 g/mol. The fourth-order valence-corrected chi connectivity index (χ4v) is 6.26. The summed E-state index contributed by atoms with van der Waals surface area (Å²) in [5, 5.41) is 13.7. The van der Waals surface area contributed by atoms with Crippen LogP contribution >= 0.6 is 35.0 Å². The highest BCUT2D eigenvalue weighted by molar-refractivity contribution is 7.99. The van der Waals surface area contributed by atoms with Gasteiger partial charge in [0.05, 0.1) is 10.6 Å². The zero-order valence-corrected chi connectivity index (χ0v) is 22.2. The lowest BCUT2D eigenvalue weighted by molar-refractivity contribution is 0.174. The molecule has 0 spiro atoms. The lowest BCUT2D eigenvalue weighted by Gasteiger charge is -2.11. The summed E-state index contributed by atoms with van der Waals surface area (Å²) in [6.07, 6.45) is 0. The van der Waals surface area contributed by atoms with Crippen LogP contribution in [0.15, 0.2) is 73.3 Å². The Kier molecular flexibility index (Phi) is 7.36. The summed E-state index contributed by atoms with van der Waals surface area (Å²) >= 11 is 13.7. The highest BCUT2D eigenvalue weighted by Crippen LogP contribution is 2.40. The maximum absolute atomic E-state index is 13.1.